The second-order valence-corrected chi connectivity index (χ2v) is 2.45. The molecule has 14 heavy (non-hydrogen) atoms. The molecule has 1 aromatic rings. The van der Waals surface area contributed by atoms with Crippen LogP contribution in [0.15, 0.2) is 30.3 Å². The van der Waals surface area contributed by atoms with Crippen molar-refractivity contribution in [3.63, 3.8) is 0 Å². The lowest BCUT2D eigenvalue weighted by Gasteiger charge is -2.01. The molecule has 0 saturated heterocycles. The summed E-state index contributed by atoms with van der Waals surface area (Å²) in [4.78, 5) is 9.24. The average molecular weight is 193 g/mol. The molecule has 1 unspecified atom stereocenters. The number of hydrogen-bond acceptors (Lipinski definition) is 3. The Labute approximate surface area is 83.8 Å². The molecule has 4 N–H and O–H groups in total. The van der Waals surface area contributed by atoms with Crippen molar-refractivity contribution in [2.75, 3.05) is 6.54 Å². The summed E-state index contributed by atoms with van der Waals surface area (Å²) in [5.41, 5.74) is 5.32. The first-order chi connectivity index (χ1) is 6.57. The van der Waals surface area contributed by atoms with E-state index in [9.17, 15) is 4.79 Å². The molecule has 1 rings (SSSR count). The number of benzene rings is 1. The largest absolute Gasteiger partial charge is 0.480 e. The Balaban J connectivity index is 0.000000292. The fourth-order valence-electron chi connectivity index (χ4n) is 0.650. The molecule has 0 aromatic heterocycles. The third-order valence-electron chi connectivity index (χ3n) is 1.32. The van der Waals surface area contributed by atoms with Gasteiger partial charge in [0.25, 0.3) is 0 Å². The van der Waals surface area contributed by atoms with Gasteiger partial charge in [0.2, 0.25) is 0 Å². The van der Waals surface area contributed by atoms with Crippen LogP contribution in [0.5, 0.6) is 0 Å². The van der Waals surface area contributed by atoms with Crippen molar-refractivity contribution in [2.24, 2.45) is 5.73 Å². The minimum absolute atomic E-state index is 0.278. The Morgan fingerprint density at radius 2 is 1.86 bits per heavy atom. The topological polar surface area (TPSA) is 83.6 Å². The molecule has 0 saturated carbocycles. The molecule has 0 aliphatic carbocycles. The van der Waals surface area contributed by atoms with Crippen LogP contribution in [0.1, 0.15) is 11.6 Å². The number of aliphatic carboxylic acids is 1. The van der Waals surface area contributed by atoms with Crippen molar-refractivity contribution in [3.05, 3.63) is 35.9 Å². The van der Waals surface area contributed by atoms with Crippen LogP contribution in [0, 0.1) is 0 Å². The monoisotopic (exact) mass is 193 g/mol. The minimum atomic E-state index is -0.968. The van der Waals surface area contributed by atoms with Gasteiger partial charge in [-0.1, -0.05) is 30.3 Å². The SMILES string of the molecule is NCC(=O)O.[B]C(O)c1ccccc1. The number of aliphatic hydroxyl groups excluding tert-OH is 1. The van der Waals surface area contributed by atoms with E-state index in [-0.39, 0.29) is 6.54 Å². The summed E-state index contributed by atoms with van der Waals surface area (Å²) in [7, 11) is 5.17. The van der Waals surface area contributed by atoms with Crippen LogP contribution in [0.4, 0.5) is 0 Å². The molecule has 1 atom stereocenters. The number of carboxylic acid groups (broad SMARTS) is 1. The molecular formula is C9H12BNO3. The standard InChI is InChI=1S/C7H7BO.C2H5NO2/c8-7(9)6-4-2-1-3-5-6;3-1-2(4)5/h1-5,7,9H;1,3H2,(H,4,5). The second-order valence-electron chi connectivity index (χ2n) is 2.45. The van der Waals surface area contributed by atoms with Gasteiger partial charge in [0.1, 0.15) is 7.85 Å². The van der Waals surface area contributed by atoms with Crippen molar-refractivity contribution < 1.29 is 15.0 Å². The van der Waals surface area contributed by atoms with E-state index in [0.717, 1.165) is 5.56 Å². The van der Waals surface area contributed by atoms with Crippen LogP contribution in [-0.4, -0.2) is 30.6 Å². The van der Waals surface area contributed by atoms with E-state index >= 15 is 0 Å². The van der Waals surface area contributed by atoms with Gasteiger partial charge in [-0.2, -0.15) is 0 Å². The summed E-state index contributed by atoms with van der Waals surface area (Å²) in [5.74, 6) is -0.968. The molecule has 5 heteroatoms. The highest BCUT2D eigenvalue weighted by molar-refractivity contribution is 6.11. The maximum atomic E-state index is 9.24. The fraction of sp³-hybridized carbons (Fsp3) is 0.222. The summed E-state index contributed by atoms with van der Waals surface area (Å²) in [6.45, 7) is -0.278. The van der Waals surface area contributed by atoms with Crippen LogP contribution < -0.4 is 5.73 Å². The number of aliphatic hydroxyl groups is 1. The van der Waals surface area contributed by atoms with Gasteiger partial charge in [-0.25, -0.2) is 0 Å². The Hall–Kier alpha value is -1.33. The fourth-order valence-corrected chi connectivity index (χ4v) is 0.650. The summed E-state index contributed by atoms with van der Waals surface area (Å²) >= 11 is 0. The van der Waals surface area contributed by atoms with Crippen molar-refractivity contribution in [1.82, 2.24) is 0 Å². The smallest absolute Gasteiger partial charge is 0.317 e. The zero-order valence-electron chi connectivity index (χ0n) is 7.63. The number of carboxylic acids is 1. The van der Waals surface area contributed by atoms with Crippen LogP contribution in [0.2, 0.25) is 0 Å². The first-order valence-corrected chi connectivity index (χ1v) is 3.98. The molecule has 2 radical (unpaired) electrons. The van der Waals surface area contributed by atoms with E-state index in [1.807, 2.05) is 18.2 Å². The van der Waals surface area contributed by atoms with Crippen molar-refractivity contribution >= 4 is 13.8 Å². The maximum absolute atomic E-state index is 9.24. The predicted molar refractivity (Wildman–Crippen MR) is 53.8 cm³/mol. The molecule has 1 aromatic carbocycles. The van der Waals surface area contributed by atoms with Gasteiger partial charge in [0, 0.05) is 6.00 Å². The quantitative estimate of drug-likeness (QED) is 0.571. The van der Waals surface area contributed by atoms with E-state index in [1.54, 1.807) is 12.1 Å². The molecule has 0 aliphatic heterocycles. The van der Waals surface area contributed by atoms with Gasteiger partial charge < -0.3 is 15.9 Å². The van der Waals surface area contributed by atoms with Crippen molar-refractivity contribution in [3.8, 4) is 0 Å². The van der Waals surface area contributed by atoms with E-state index in [2.05, 4.69) is 5.73 Å². The minimum Gasteiger partial charge on any atom is -0.480 e. The van der Waals surface area contributed by atoms with E-state index in [1.165, 1.54) is 0 Å². The van der Waals surface area contributed by atoms with Gasteiger partial charge in [0.05, 0.1) is 6.54 Å². The van der Waals surface area contributed by atoms with E-state index in [4.69, 9.17) is 18.1 Å². The van der Waals surface area contributed by atoms with Crippen LogP contribution in [-0.2, 0) is 4.79 Å². The highest BCUT2D eigenvalue weighted by Gasteiger charge is 1.94. The number of hydrogen-bond donors (Lipinski definition) is 3. The van der Waals surface area contributed by atoms with E-state index in [0.29, 0.717) is 0 Å². The molecule has 0 amide bonds. The van der Waals surface area contributed by atoms with E-state index < -0.39 is 12.0 Å². The highest BCUT2D eigenvalue weighted by Crippen LogP contribution is 2.06. The van der Waals surface area contributed by atoms with Gasteiger partial charge >= 0.3 is 5.97 Å². The Morgan fingerprint density at radius 1 is 1.43 bits per heavy atom. The zero-order chi connectivity index (χ0) is 11.0. The Morgan fingerprint density at radius 3 is 2.07 bits per heavy atom. The Bertz CT molecular complexity index is 264. The molecule has 0 spiro atoms. The average Bonchev–Trinajstić information content (AvgIpc) is 2.20. The lowest BCUT2D eigenvalue weighted by atomic mass is 9.93. The second kappa shape index (κ2) is 7.11. The molecule has 0 fully saturated rings. The Kier molecular flexibility index (Phi) is 6.44. The lowest BCUT2D eigenvalue weighted by molar-refractivity contribution is -0.135. The third kappa shape index (κ3) is 6.22. The number of rotatable bonds is 2. The van der Waals surface area contributed by atoms with Gasteiger partial charge in [-0.3, -0.25) is 4.79 Å². The summed E-state index contributed by atoms with van der Waals surface area (Å²) in [6.07, 6.45) is 0. The van der Waals surface area contributed by atoms with Crippen LogP contribution in [0.25, 0.3) is 0 Å². The van der Waals surface area contributed by atoms with Crippen LogP contribution in [0.3, 0.4) is 0 Å². The summed E-state index contributed by atoms with van der Waals surface area (Å²) in [6, 6.07) is 8.28. The lowest BCUT2D eigenvalue weighted by Crippen LogP contribution is -2.10. The maximum Gasteiger partial charge on any atom is 0.317 e. The molecule has 4 nitrogen and oxygen atoms in total. The van der Waals surface area contributed by atoms with Crippen molar-refractivity contribution in [2.45, 2.75) is 6.00 Å². The molecule has 0 aliphatic rings. The van der Waals surface area contributed by atoms with Crippen molar-refractivity contribution in [1.29, 1.82) is 0 Å². The summed E-state index contributed by atoms with van der Waals surface area (Å²) < 4.78 is 0. The predicted octanol–water partition coefficient (Wildman–Crippen LogP) is -0.124. The first kappa shape index (κ1) is 12.7. The molecule has 74 valence electrons. The highest BCUT2D eigenvalue weighted by atomic mass is 16.4. The van der Waals surface area contributed by atoms with Gasteiger partial charge in [0.15, 0.2) is 0 Å². The van der Waals surface area contributed by atoms with Crippen LogP contribution >= 0.6 is 0 Å². The molecular weight excluding hydrogens is 181 g/mol. The summed E-state index contributed by atoms with van der Waals surface area (Å²) in [5, 5.41) is 16.4. The number of nitrogens with two attached hydrogens (primary N) is 1. The molecule has 0 bridgehead atoms. The van der Waals surface area contributed by atoms with Gasteiger partial charge in [-0.05, 0) is 5.56 Å². The third-order valence-corrected chi connectivity index (χ3v) is 1.32. The molecule has 0 heterocycles. The van der Waals surface area contributed by atoms with Gasteiger partial charge in [-0.15, -0.1) is 0 Å². The normalized spacial score (nSPS) is 11.0. The zero-order valence-corrected chi connectivity index (χ0v) is 7.63. The number of carbonyl (C=O) groups is 1. The first-order valence-electron chi connectivity index (χ1n) is 3.98.